The summed E-state index contributed by atoms with van der Waals surface area (Å²) in [5.74, 6) is -6.34. The van der Waals surface area contributed by atoms with Crippen molar-refractivity contribution in [3.63, 3.8) is 0 Å². The number of carbonyl (C=O) groups is 4. The van der Waals surface area contributed by atoms with Crippen molar-refractivity contribution in [2.24, 2.45) is 0 Å². The number of Topliss-reactive ketones (excluding diaryl/α,β-unsaturated/α-hetero) is 2. The van der Waals surface area contributed by atoms with Crippen LogP contribution in [0.4, 0.5) is 0 Å². The van der Waals surface area contributed by atoms with Crippen LogP contribution in [0.2, 0.25) is 0 Å². The van der Waals surface area contributed by atoms with Gasteiger partial charge >= 0.3 is 0 Å². The molecule has 0 bridgehead atoms. The van der Waals surface area contributed by atoms with E-state index in [4.69, 9.17) is 9.47 Å². The van der Waals surface area contributed by atoms with Gasteiger partial charge in [-0.3, -0.25) is 19.2 Å². The minimum atomic E-state index is -2.50. The third-order valence-electron chi connectivity index (χ3n) is 8.76. The van der Waals surface area contributed by atoms with Crippen molar-refractivity contribution in [2.45, 2.75) is 37.8 Å². The van der Waals surface area contributed by atoms with Crippen LogP contribution in [0.5, 0.6) is 28.7 Å². The molecule has 0 unspecified atom stereocenters. The molecule has 0 heterocycles. The Labute approximate surface area is 253 Å². The molecule has 13 nitrogen and oxygen atoms in total. The highest BCUT2D eigenvalue weighted by Gasteiger charge is 2.56. The lowest BCUT2D eigenvalue weighted by atomic mass is 9.67. The second-order valence-electron chi connectivity index (χ2n) is 11.3. The molecule has 0 spiro atoms. The Morgan fingerprint density at radius 1 is 0.622 bits per heavy atom. The lowest BCUT2D eigenvalue weighted by Gasteiger charge is -2.44. The predicted octanol–water partition coefficient (Wildman–Crippen LogP) is 1.09. The second kappa shape index (κ2) is 9.71. The van der Waals surface area contributed by atoms with Crippen molar-refractivity contribution in [3.8, 4) is 39.9 Å². The highest BCUT2D eigenvalue weighted by molar-refractivity contribution is 6.35. The molecule has 6 rings (SSSR count). The molecule has 45 heavy (non-hydrogen) atoms. The Hall–Kier alpha value is -5.08. The molecule has 232 valence electrons. The summed E-state index contributed by atoms with van der Waals surface area (Å²) in [5.41, 5.74) is -7.04. The minimum absolute atomic E-state index is 0.147. The van der Waals surface area contributed by atoms with Crippen LogP contribution in [0.3, 0.4) is 0 Å². The third-order valence-corrected chi connectivity index (χ3v) is 8.76. The van der Waals surface area contributed by atoms with E-state index in [2.05, 4.69) is 0 Å². The molecular weight excluding hydrogens is 592 g/mol. The Kier molecular flexibility index (Phi) is 6.47. The first-order chi connectivity index (χ1) is 21.1. The lowest BCUT2D eigenvalue weighted by Crippen LogP contribution is -2.61. The van der Waals surface area contributed by atoms with E-state index < -0.39 is 91.9 Å². The Balaban J connectivity index is 1.75. The van der Waals surface area contributed by atoms with E-state index in [1.54, 1.807) is 0 Å². The molecule has 0 aliphatic heterocycles. The van der Waals surface area contributed by atoms with Crippen molar-refractivity contribution >= 4 is 23.1 Å². The van der Waals surface area contributed by atoms with Crippen LogP contribution in [0, 0.1) is 6.92 Å². The smallest absolute Gasteiger partial charge is 0.198 e. The van der Waals surface area contributed by atoms with E-state index >= 15 is 0 Å². The number of ether oxygens (including phenoxy) is 2. The largest absolute Gasteiger partial charge is 0.508 e. The molecule has 0 amide bonds. The van der Waals surface area contributed by atoms with Gasteiger partial charge in [-0.15, -0.1) is 0 Å². The number of aliphatic hydroxyl groups excluding tert-OH is 3. The van der Waals surface area contributed by atoms with Crippen molar-refractivity contribution in [2.75, 3.05) is 14.2 Å². The number of methoxy groups -OCH3 is 2. The quantitative estimate of drug-likeness (QED) is 0.171. The first kappa shape index (κ1) is 30.0. The van der Waals surface area contributed by atoms with Crippen LogP contribution in [-0.2, 0) is 0 Å². The second-order valence-corrected chi connectivity index (χ2v) is 11.3. The molecule has 3 aromatic carbocycles. The average molecular weight is 619 g/mol. The molecule has 0 saturated carbocycles. The number of hydrogen-bond donors (Lipinski definition) is 7. The molecule has 3 aromatic rings. The van der Waals surface area contributed by atoms with Gasteiger partial charge in [0, 0.05) is 56.7 Å². The fourth-order valence-corrected chi connectivity index (χ4v) is 6.37. The zero-order valence-corrected chi connectivity index (χ0v) is 24.1. The predicted molar refractivity (Wildman–Crippen MR) is 152 cm³/mol. The number of phenols is 3. The number of phenolic OH excluding ortho intramolecular Hbond substituents is 3. The molecular formula is C32H26O13. The fourth-order valence-electron chi connectivity index (χ4n) is 6.37. The summed E-state index contributed by atoms with van der Waals surface area (Å²) in [7, 11) is 2.32. The molecule has 13 heteroatoms. The van der Waals surface area contributed by atoms with Crippen LogP contribution in [0.1, 0.15) is 65.0 Å². The summed E-state index contributed by atoms with van der Waals surface area (Å²) in [6.45, 7) is 2.45. The topological polar surface area (TPSA) is 228 Å². The van der Waals surface area contributed by atoms with E-state index in [1.807, 2.05) is 0 Å². The summed E-state index contributed by atoms with van der Waals surface area (Å²) in [4.78, 5) is 56.1. The first-order valence-electron chi connectivity index (χ1n) is 13.5. The van der Waals surface area contributed by atoms with Gasteiger partial charge in [0.1, 0.15) is 52.7 Å². The van der Waals surface area contributed by atoms with Gasteiger partial charge in [0.25, 0.3) is 0 Å². The van der Waals surface area contributed by atoms with E-state index in [-0.39, 0.29) is 45.1 Å². The number of aryl methyl sites for hydroxylation is 1. The first-order valence-corrected chi connectivity index (χ1v) is 13.5. The maximum Gasteiger partial charge on any atom is 0.198 e. The van der Waals surface area contributed by atoms with Crippen LogP contribution in [0.25, 0.3) is 11.1 Å². The highest BCUT2D eigenvalue weighted by Crippen LogP contribution is 2.53. The molecule has 3 aliphatic carbocycles. The van der Waals surface area contributed by atoms with Crippen molar-refractivity contribution < 1.29 is 64.4 Å². The average Bonchev–Trinajstić information content (AvgIpc) is 2.99. The van der Waals surface area contributed by atoms with Gasteiger partial charge in [-0.2, -0.15) is 0 Å². The van der Waals surface area contributed by atoms with Crippen molar-refractivity contribution in [1.29, 1.82) is 0 Å². The number of aliphatic hydroxyl groups is 4. The summed E-state index contributed by atoms with van der Waals surface area (Å²) < 4.78 is 11.0. The van der Waals surface area contributed by atoms with Crippen LogP contribution < -0.4 is 9.47 Å². The highest BCUT2D eigenvalue weighted by atomic mass is 16.5. The number of rotatable bonds is 3. The summed E-state index contributed by atoms with van der Waals surface area (Å²) >= 11 is 0. The van der Waals surface area contributed by atoms with E-state index in [1.165, 1.54) is 20.1 Å². The number of fused-ring (bicyclic) bond motifs is 3. The number of hydrogen-bond acceptors (Lipinski definition) is 13. The normalized spacial score (nSPS) is 23.8. The SMILES string of the molecule is COc1cc(O)c2c(c1-c1c(OC)cc(O)c3c1C(=O)c1cc(C)c(O)cc1C3=O)C(=O)C1=C(C2=O)[C@@H](O)[C@H](O)[C@](C)(O)[C@@H]1O. The van der Waals surface area contributed by atoms with Gasteiger partial charge in [0.15, 0.2) is 23.1 Å². The minimum Gasteiger partial charge on any atom is -0.508 e. The van der Waals surface area contributed by atoms with Crippen molar-refractivity contribution in [1.82, 2.24) is 0 Å². The molecule has 0 saturated heterocycles. The number of ketones is 4. The van der Waals surface area contributed by atoms with Crippen molar-refractivity contribution in [3.05, 3.63) is 74.4 Å². The maximum atomic E-state index is 14.3. The third kappa shape index (κ3) is 3.75. The maximum absolute atomic E-state index is 14.3. The summed E-state index contributed by atoms with van der Waals surface area (Å²) in [6.07, 6.45) is -6.43. The molecule has 7 N–H and O–H groups in total. The summed E-state index contributed by atoms with van der Waals surface area (Å²) in [6, 6.07) is 4.31. The van der Waals surface area contributed by atoms with Gasteiger partial charge in [-0.05, 0) is 31.5 Å². The van der Waals surface area contributed by atoms with E-state index in [0.29, 0.717) is 0 Å². The molecule has 0 radical (unpaired) electrons. The molecule has 0 aromatic heterocycles. The van der Waals surface area contributed by atoms with Gasteiger partial charge in [-0.1, -0.05) is 0 Å². The lowest BCUT2D eigenvalue weighted by molar-refractivity contribution is -0.158. The standard InChI is InChI=1S/C32H26O13/c1-9-5-10-11(6-12(9)33)25(36)17-13(34)7-15(44-3)19(21(17)26(10)37)20-16(45-4)8-14(35)18-22(20)28(39)24-23(27(18)38)29(40)31(42)32(2,43)30(24)41/h5-8,29-31,33-35,40-43H,1-4H3/t29-,30-,31+,32-/m1/s1. The van der Waals surface area contributed by atoms with Crippen LogP contribution in [0.15, 0.2) is 35.4 Å². The summed E-state index contributed by atoms with van der Waals surface area (Å²) in [5, 5.41) is 75.3. The van der Waals surface area contributed by atoms with E-state index in [9.17, 15) is 54.9 Å². The zero-order chi connectivity index (χ0) is 33.0. The monoisotopic (exact) mass is 618 g/mol. The van der Waals surface area contributed by atoms with Gasteiger partial charge in [-0.25, -0.2) is 0 Å². The van der Waals surface area contributed by atoms with Gasteiger partial charge in [0.05, 0.1) is 25.3 Å². The number of aromatic hydroxyl groups is 3. The Bertz CT molecular complexity index is 1970. The Morgan fingerprint density at radius 2 is 1.07 bits per heavy atom. The molecule has 3 aliphatic rings. The van der Waals surface area contributed by atoms with Gasteiger partial charge < -0.3 is 45.2 Å². The molecule has 4 atom stereocenters. The number of carbonyl (C=O) groups excluding carboxylic acids is 4. The van der Waals surface area contributed by atoms with E-state index in [0.717, 1.165) is 32.2 Å². The number of benzene rings is 3. The molecule has 0 fully saturated rings. The zero-order valence-electron chi connectivity index (χ0n) is 24.1. The Morgan fingerprint density at radius 3 is 1.60 bits per heavy atom. The van der Waals surface area contributed by atoms with Crippen LogP contribution in [-0.4, -0.2) is 97.0 Å². The fraction of sp³-hybridized carbons (Fsp3) is 0.250. The van der Waals surface area contributed by atoms with Crippen LogP contribution >= 0.6 is 0 Å². The van der Waals surface area contributed by atoms with Gasteiger partial charge in [0.2, 0.25) is 0 Å².